The second kappa shape index (κ2) is 51.5. The van der Waals surface area contributed by atoms with Crippen LogP contribution in [0.1, 0.15) is 303 Å². The second-order valence-corrected chi connectivity index (χ2v) is 19.1. The van der Waals surface area contributed by atoms with Crippen LogP contribution in [0.4, 0.5) is 0 Å². The van der Waals surface area contributed by atoms with Crippen molar-refractivity contribution in [3.63, 3.8) is 0 Å². The molecule has 362 valence electrons. The molecule has 0 saturated carbocycles. The quantitative estimate of drug-likeness (QED) is 0.0362. The highest BCUT2D eigenvalue weighted by Gasteiger charge is 2.23. The number of nitrogens with one attached hydrogen (secondary N) is 1. The number of aliphatic hydroxyl groups is 3. The van der Waals surface area contributed by atoms with Gasteiger partial charge in [-0.2, -0.15) is 0 Å². The Kier molecular flexibility index (Phi) is 50.5. The molecule has 0 aliphatic heterocycles. The highest BCUT2D eigenvalue weighted by Crippen LogP contribution is 2.18. The van der Waals surface area contributed by atoms with Gasteiger partial charge in [0.1, 0.15) is 6.10 Å². The average molecular weight is 860 g/mol. The van der Waals surface area contributed by atoms with Crippen LogP contribution in [0.25, 0.3) is 0 Å². The first kappa shape index (κ1) is 59.8. The fourth-order valence-corrected chi connectivity index (χ4v) is 8.75. The smallest absolute Gasteiger partial charge is 0.249 e. The highest BCUT2D eigenvalue weighted by atomic mass is 16.3. The fraction of sp³-hybridized carbons (Fsp3) is 0.911. The van der Waals surface area contributed by atoms with E-state index in [4.69, 9.17) is 0 Å². The molecule has 0 heterocycles. The largest absolute Gasteiger partial charge is 0.394 e. The van der Waals surface area contributed by atoms with E-state index in [1.165, 1.54) is 238 Å². The van der Waals surface area contributed by atoms with Crippen LogP contribution in [-0.4, -0.2) is 46.1 Å². The standard InChI is InChI=1S/C56H109NO4/c1-3-5-7-9-11-13-15-17-19-21-23-25-27-29-31-33-35-37-39-41-43-45-47-49-51-55(60)56(61)57-53(52-58)54(59)50-48-46-44-42-40-38-36-34-32-30-28-26-24-22-20-18-16-14-12-10-8-6-4-2/h23,25,29,31,53-55,58-60H,3-22,24,26-28,30,32-52H2,1-2H3,(H,57,61)/b25-23-,31-29-. The molecule has 0 rings (SSSR count). The zero-order valence-corrected chi connectivity index (χ0v) is 41.3. The molecule has 4 N–H and O–H groups in total. The molecule has 0 aromatic heterocycles. The molecule has 0 aromatic rings. The van der Waals surface area contributed by atoms with Gasteiger partial charge < -0.3 is 20.6 Å². The minimum atomic E-state index is -1.08. The van der Waals surface area contributed by atoms with Crippen LogP contribution in [-0.2, 0) is 4.79 Å². The molecule has 61 heavy (non-hydrogen) atoms. The molecule has 0 fully saturated rings. The summed E-state index contributed by atoms with van der Waals surface area (Å²) in [6, 6.07) is -0.714. The average Bonchev–Trinajstić information content (AvgIpc) is 3.26. The zero-order chi connectivity index (χ0) is 44.4. The van der Waals surface area contributed by atoms with Crippen LogP contribution >= 0.6 is 0 Å². The molecule has 0 spiro atoms. The van der Waals surface area contributed by atoms with Gasteiger partial charge in [0.05, 0.1) is 18.8 Å². The van der Waals surface area contributed by atoms with E-state index in [0.29, 0.717) is 12.8 Å². The Bertz CT molecular complexity index is 905. The van der Waals surface area contributed by atoms with Crippen LogP contribution in [0.3, 0.4) is 0 Å². The number of aliphatic hydroxyl groups excluding tert-OH is 3. The number of hydrogen-bond donors (Lipinski definition) is 4. The summed E-state index contributed by atoms with van der Waals surface area (Å²) in [4.78, 5) is 12.6. The van der Waals surface area contributed by atoms with Gasteiger partial charge in [-0.3, -0.25) is 4.79 Å². The topological polar surface area (TPSA) is 89.8 Å². The van der Waals surface area contributed by atoms with Crippen molar-refractivity contribution < 1.29 is 20.1 Å². The predicted molar refractivity (Wildman–Crippen MR) is 268 cm³/mol. The van der Waals surface area contributed by atoms with Gasteiger partial charge in [-0.1, -0.05) is 282 Å². The molecule has 0 aliphatic carbocycles. The third-order valence-corrected chi connectivity index (χ3v) is 13.1. The van der Waals surface area contributed by atoms with Gasteiger partial charge in [0, 0.05) is 0 Å². The van der Waals surface area contributed by atoms with E-state index in [9.17, 15) is 20.1 Å². The maximum Gasteiger partial charge on any atom is 0.249 e. The molecule has 0 bridgehead atoms. The zero-order valence-electron chi connectivity index (χ0n) is 41.3. The van der Waals surface area contributed by atoms with Crippen LogP contribution in [0, 0.1) is 0 Å². The Balaban J connectivity index is 3.56. The molecule has 0 radical (unpaired) electrons. The number of carbonyl (C=O) groups excluding carboxylic acids is 1. The minimum Gasteiger partial charge on any atom is -0.394 e. The van der Waals surface area contributed by atoms with E-state index >= 15 is 0 Å². The molecule has 0 saturated heterocycles. The Morgan fingerprint density at radius 3 is 0.984 bits per heavy atom. The Labute approximate surface area is 382 Å². The molecule has 0 aliphatic rings. The molecule has 1 amide bonds. The summed E-state index contributed by atoms with van der Waals surface area (Å²) in [5.41, 5.74) is 0. The molecule has 0 aromatic carbocycles. The number of rotatable bonds is 51. The lowest BCUT2D eigenvalue weighted by atomic mass is 10.0. The van der Waals surface area contributed by atoms with E-state index in [1.54, 1.807) is 0 Å². The normalized spacial score (nSPS) is 13.5. The van der Waals surface area contributed by atoms with Crippen molar-refractivity contribution in [3.8, 4) is 0 Å². The van der Waals surface area contributed by atoms with E-state index in [-0.39, 0.29) is 6.61 Å². The van der Waals surface area contributed by atoms with E-state index < -0.39 is 24.2 Å². The number of amides is 1. The van der Waals surface area contributed by atoms with E-state index in [1.807, 2.05) is 0 Å². The SMILES string of the molecule is CCCCCCCCCCC/C=C\C/C=C\CCCCCCCCCCC(O)C(=O)NC(CO)C(O)CCCCCCCCCCCCCCCCCCCCCCCCC. The lowest BCUT2D eigenvalue weighted by Crippen LogP contribution is -2.49. The van der Waals surface area contributed by atoms with Gasteiger partial charge in [-0.25, -0.2) is 0 Å². The lowest BCUT2D eigenvalue weighted by Gasteiger charge is -2.23. The van der Waals surface area contributed by atoms with Crippen molar-refractivity contribution >= 4 is 5.91 Å². The minimum absolute atomic E-state index is 0.313. The summed E-state index contributed by atoms with van der Waals surface area (Å²) >= 11 is 0. The molecular formula is C56H109NO4. The van der Waals surface area contributed by atoms with Crippen molar-refractivity contribution in [2.75, 3.05) is 6.61 Å². The van der Waals surface area contributed by atoms with Crippen molar-refractivity contribution in [2.45, 2.75) is 321 Å². The van der Waals surface area contributed by atoms with Gasteiger partial charge in [0.2, 0.25) is 5.91 Å². The maximum atomic E-state index is 12.6. The summed E-state index contributed by atoms with van der Waals surface area (Å²) in [5, 5.41) is 33.5. The Morgan fingerprint density at radius 2 is 0.672 bits per heavy atom. The monoisotopic (exact) mass is 860 g/mol. The first-order chi connectivity index (χ1) is 30.1. The number of hydrogen-bond acceptors (Lipinski definition) is 4. The van der Waals surface area contributed by atoms with Crippen molar-refractivity contribution in [1.82, 2.24) is 5.32 Å². The predicted octanol–water partition coefficient (Wildman–Crippen LogP) is 16.9. The van der Waals surface area contributed by atoms with Crippen LogP contribution in [0.5, 0.6) is 0 Å². The van der Waals surface area contributed by atoms with Crippen molar-refractivity contribution in [1.29, 1.82) is 0 Å². The molecule has 3 atom stereocenters. The summed E-state index contributed by atoms with van der Waals surface area (Å²) in [5.74, 6) is -0.471. The molecule has 5 heteroatoms. The first-order valence-corrected chi connectivity index (χ1v) is 27.6. The van der Waals surface area contributed by atoms with Crippen molar-refractivity contribution in [3.05, 3.63) is 24.3 Å². The second-order valence-electron chi connectivity index (χ2n) is 19.1. The van der Waals surface area contributed by atoms with Gasteiger partial charge >= 0.3 is 0 Å². The van der Waals surface area contributed by atoms with Crippen molar-refractivity contribution in [2.24, 2.45) is 0 Å². The third-order valence-electron chi connectivity index (χ3n) is 13.1. The molecule has 5 nitrogen and oxygen atoms in total. The third kappa shape index (κ3) is 46.6. The van der Waals surface area contributed by atoms with Crippen LogP contribution < -0.4 is 5.32 Å². The summed E-state index contributed by atoms with van der Waals surface area (Å²) in [6.07, 6.45) is 65.0. The van der Waals surface area contributed by atoms with Crippen LogP contribution in [0.2, 0.25) is 0 Å². The fourth-order valence-electron chi connectivity index (χ4n) is 8.75. The van der Waals surface area contributed by atoms with Gasteiger partial charge in [-0.05, 0) is 44.9 Å². The summed E-state index contributed by atoms with van der Waals surface area (Å²) in [6.45, 7) is 4.26. The summed E-state index contributed by atoms with van der Waals surface area (Å²) < 4.78 is 0. The lowest BCUT2D eigenvalue weighted by molar-refractivity contribution is -0.131. The van der Waals surface area contributed by atoms with Crippen LogP contribution in [0.15, 0.2) is 24.3 Å². The number of allylic oxidation sites excluding steroid dienone is 4. The van der Waals surface area contributed by atoms with E-state index in [2.05, 4.69) is 43.5 Å². The number of carbonyl (C=O) groups is 1. The highest BCUT2D eigenvalue weighted by molar-refractivity contribution is 5.80. The summed E-state index contributed by atoms with van der Waals surface area (Å²) in [7, 11) is 0. The van der Waals surface area contributed by atoms with Gasteiger partial charge in [0.15, 0.2) is 0 Å². The van der Waals surface area contributed by atoms with Gasteiger partial charge in [-0.15, -0.1) is 0 Å². The number of unbranched alkanes of at least 4 members (excludes halogenated alkanes) is 39. The first-order valence-electron chi connectivity index (χ1n) is 27.6. The van der Waals surface area contributed by atoms with Gasteiger partial charge in [0.25, 0.3) is 0 Å². The maximum absolute atomic E-state index is 12.6. The molecular weight excluding hydrogens is 751 g/mol. The Hall–Kier alpha value is -1.17. The Morgan fingerprint density at radius 1 is 0.393 bits per heavy atom. The molecule has 3 unspecified atom stereocenters. The van der Waals surface area contributed by atoms with E-state index in [0.717, 1.165) is 38.5 Å².